The molecule has 1 rings (SSSR count). The Balaban J connectivity index is 2.96. The molecule has 0 atom stereocenters. The first-order valence-electron chi connectivity index (χ1n) is 2.28. The Labute approximate surface area is 59.5 Å². The fraction of sp³-hybridized carbons (Fsp3) is 0.200. The third-order valence-corrected chi connectivity index (χ3v) is 1.49. The van der Waals surface area contributed by atoms with Gasteiger partial charge in [0.15, 0.2) is 5.69 Å². The highest BCUT2D eigenvalue weighted by atomic mass is 32.1. The second-order valence-corrected chi connectivity index (χ2v) is 2.46. The molecular weight excluding hydrogens is 163 g/mol. The number of aromatic nitrogens is 1. The van der Waals surface area contributed by atoms with Crippen LogP contribution in [0.15, 0.2) is 5.38 Å². The summed E-state index contributed by atoms with van der Waals surface area (Å²) in [5.41, 5.74) is -0.921. The zero-order valence-electron chi connectivity index (χ0n) is 4.64. The van der Waals surface area contributed by atoms with Crippen molar-refractivity contribution < 1.29 is 13.2 Å². The van der Waals surface area contributed by atoms with Crippen molar-refractivity contribution in [1.29, 1.82) is 0 Å². The summed E-state index contributed by atoms with van der Waals surface area (Å²) >= 11 is 0.778. The van der Waals surface area contributed by atoms with Crippen LogP contribution in [-0.2, 0) is 6.18 Å². The van der Waals surface area contributed by atoms with E-state index < -0.39 is 11.9 Å². The molecule has 0 spiro atoms. The highest BCUT2D eigenvalue weighted by molar-refractivity contribution is 7.09. The van der Waals surface area contributed by atoms with Crippen molar-refractivity contribution in [3.8, 4) is 0 Å². The van der Waals surface area contributed by atoms with Crippen LogP contribution in [-0.4, -0.2) is 4.98 Å². The molecule has 1 heterocycles. The van der Waals surface area contributed by atoms with E-state index in [4.69, 9.17) is 6.92 Å². The third-order valence-electron chi connectivity index (χ3n) is 0.812. The van der Waals surface area contributed by atoms with Crippen molar-refractivity contribution in [1.82, 2.24) is 4.98 Å². The monoisotopic (exact) mass is 165 g/mol. The predicted octanol–water partition coefficient (Wildman–Crippen LogP) is 2.22. The van der Waals surface area contributed by atoms with Crippen molar-refractivity contribution in [2.24, 2.45) is 0 Å². The Morgan fingerprint density at radius 2 is 2.10 bits per heavy atom. The van der Waals surface area contributed by atoms with Gasteiger partial charge in [-0.15, -0.1) is 11.3 Å². The normalized spacial score (nSPS) is 12.0. The molecule has 0 aromatic carbocycles. The minimum atomic E-state index is -4.37. The minimum absolute atomic E-state index is 0.0627. The lowest BCUT2D eigenvalue weighted by Gasteiger charge is -1.98. The lowest BCUT2D eigenvalue weighted by atomic mass is 10.5. The SMILES string of the molecule is [CH]c1nc(C(F)(F)F)cs1. The molecule has 10 heavy (non-hydrogen) atoms. The number of hydrogen-bond acceptors (Lipinski definition) is 2. The number of alkyl halides is 3. The molecule has 0 aliphatic heterocycles. The lowest BCUT2D eigenvalue weighted by molar-refractivity contribution is -0.140. The van der Waals surface area contributed by atoms with E-state index in [1.165, 1.54) is 0 Å². The Morgan fingerprint density at radius 3 is 2.30 bits per heavy atom. The fourth-order valence-electron chi connectivity index (χ4n) is 0.418. The van der Waals surface area contributed by atoms with E-state index in [9.17, 15) is 13.2 Å². The fourth-order valence-corrected chi connectivity index (χ4v) is 0.988. The maximum Gasteiger partial charge on any atom is 0.434 e. The molecule has 0 amide bonds. The van der Waals surface area contributed by atoms with E-state index in [1.54, 1.807) is 0 Å². The number of rotatable bonds is 0. The summed E-state index contributed by atoms with van der Waals surface area (Å²) < 4.78 is 35.1. The van der Waals surface area contributed by atoms with E-state index in [-0.39, 0.29) is 5.01 Å². The van der Waals surface area contributed by atoms with Gasteiger partial charge in [-0.3, -0.25) is 0 Å². The molecule has 5 heteroatoms. The van der Waals surface area contributed by atoms with Crippen LogP contribution >= 0.6 is 11.3 Å². The van der Waals surface area contributed by atoms with Crippen LogP contribution in [0.4, 0.5) is 13.2 Å². The molecule has 0 aliphatic carbocycles. The molecule has 2 radical (unpaired) electrons. The molecule has 0 fully saturated rings. The summed E-state index contributed by atoms with van der Waals surface area (Å²) in [4.78, 5) is 3.05. The molecule has 54 valence electrons. The van der Waals surface area contributed by atoms with E-state index in [1.807, 2.05) is 0 Å². The Bertz CT molecular complexity index is 227. The number of hydrogen-bond donors (Lipinski definition) is 0. The van der Waals surface area contributed by atoms with Crippen molar-refractivity contribution >= 4 is 11.3 Å². The third kappa shape index (κ3) is 1.47. The molecule has 1 aromatic heterocycles. The van der Waals surface area contributed by atoms with Gasteiger partial charge in [-0.25, -0.2) is 4.98 Å². The zero-order chi connectivity index (χ0) is 7.78. The van der Waals surface area contributed by atoms with Gasteiger partial charge in [0.1, 0.15) is 0 Å². The molecule has 0 saturated carbocycles. The van der Waals surface area contributed by atoms with Gasteiger partial charge >= 0.3 is 6.18 Å². The molecule has 0 unspecified atom stereocenters. The van der Waals surface area contributed by atoms with Crippen LogP contribution < -0.4 is 0 Å². The summed E-state index contributed by atoms with van der Waals surface area (Å²) in [5, 5.41) is 0.822. The van der Waals surface area contributed by atoms with Gasteiger partial charge < -0.3 is 0 Å². The van der Waals surface area contributed by atoms with E-state index >= 15 is 0 Å². The first-order chi connectivity index (χ1) is 4.50. The van der Waals surface area contributed by atoms with Gasteiger partial charge in [-0.05, 0) is 0 Å². The summed E-state index contributed by atoms with van der Waals surface area (Å²) in [7, 11) is 0. The van der Waals surface area contributed by atoms with Crippen molar-refractivity contribution in [2.45, 2.75) is 6.18 Å². The lowest BCUT2D eigenvalue weighted by Crippen LogP contribution is -2.04. The summed E-state index contributed by atoms with van der Waals surface area (Å²) in [5.74, 6) is 0. The molecule has 0 bridgehead atoms. The summed E-state index contributed by atoms with van der Waals surface area (Å²) in [6.07, 6.45) is -4.37. The molecule has 0 saturated heterocycles. The van der Waals surface area contributed by atoms with Crippen LogP contribution in [0.1, 0.15) is 10.7 Å². The minimum Gasteiger partial charge on any atom is -0.236 e. The highest BCUT2D eigenvalue weighted by Crippen LogP contribution is 2.29. The first kappa shape index (κ1) is 7.53. The van der Waals surface area contributed by atoms with Crippen LogP contribution in [0.2, 0.25) is 0 Å². The van der Waals surface area contributed by atoms with E-state index in [2.05, 4.69) is 4.98 Å². The molecule has 1 aromatic rings. The Hall–Kier alpha value is -0.580. The van der Waals surface area contributed by atoms with Crippen LogP contribution in [0.5, 0.6) is 0 Å². The Morgan fingerprint density at radius 1 is 1.50 bits per heavy atom. The maximum atomic E-state index is 11.7. The van der Waals surface area contributed by atoms with Crippen LogP contribution in [0.3, 0.4) is 0 Å². The average Bonchev–Trinajstić information content (AvgIpc) is 2.11. The predicted molar refractivity (Wildman–Crippen MR) is 30.5 cm³/mol. The Kier molecular flexibility index (Phi) is 1.68. The van der Waals surface area contributed by atoms with Gasteiger partial charge in [-0.1, -0.05) is 0 Å². The second kappa shape index (κ2) is 2.23. The standard InChI is InChI=1S/C5H2F3NS/c1-3-9-4(2-10-3)5(6,7)8/h1-2H. The zero-order valence-corrected chi connectivity index (χ0v) is 5.46. The van der Waals surface area contributed by atoms with Crippen molar-refractivity contribution in [3.05, 3.63) is 23.0 Å². The second-order valence-electron chi connectivity index (χ2n) is 1.57. The van der Waals surface area contributed by atoms with Gasteiger partial charge in [-0.2, -0.15) is 13.2 Å². The first-order valence-corrected chi connectivity index (χ1v) is 3.16. The molecular formula is C5H2F3NS. The largest absolute Gasteiger partial charge is 0.434 e. The highest BCUT2D eigenvalue weighted by Gasteiger charge is 2.33. The smallest absolute Gasteiger partial charge is 0.236 e. The number of halogens is 3. The van der Waals surface area contributed by atoms with Gasteiger partial charge in [0.25, 0.3) is 0 Å². The van der Waals surface area contributed by atoms with Crippen LogP contribution in [0.25, 0.3) is 0 Å². The molecule has 0 N–H and O–H groups in total. The van der Waals surface area contributed by atoms with Crippen molar-refractivity contribution in [3.63, 3.8) is 0 Å². The van der Waals surface area contributed by atoms with E-state index in [0.29, 0.717) is 0 Å². The van der Waals surface area contributed by atoms with Gasteiger partial charge in [0.2, 0.25) is 0 Å². The quantitative estimate of drug-likeness (QED) is 0.574. The van der Waals surface area contributed by atoms with E-state index in [0.717, 1.165) is 16.7 Å². The maximum absolute atomic E-state index is 11.7. The topological polar surface area (TPSA) is 12.9 Å². The van der Waals surface area contributed by atoms with Gasteiger partial charge in [0, 0.05) is 12.3 Å². The summed E-state index contributed by atoms with van der Waals surface area (Å²) in [6, 6.07) is 0. The van der Waals surface area contributed by atoms with Gasteiger partial charge in [0.05, 0.1) is 5.01 Å². The van der Waals surface area contributed by atoms with Crippen molar-refractivity contribution in [2.75, 3.05) is 0 Å². The molecule has 1 nitrogen and oxygen atoms in total. The number of nitrogens with zero attached hydrogens (tertiary/aromatic N) is 1. The average molecular weight is 165 g/mol. The van der Waals surface area contributed by atoms with Crippen LogP contribution in [0, 0.1) is 6.92 Å². The summed E-state index contributed by atoms with van der Waals surface area (Å²) in [6.45, 7) is 4.98. The number of thiazole rings is 1. The molecule has 0 aliphatic rings.